The van der Waals surface area contributed by atoms with E-state index in [1.54, 1.807) is 11.8 Å². The fourth-order valence-corrected chi connectivity index (χ4v) is 4.65. The molecule has 0 bridgehead atoms. The van der Waals surface area contributed by atoms with Crippen LogP contribution in [0.25, 0.3) is 0 Å². The summed E-state index contributed by atoms with van der Waals surface area (Å²) in [6.45, 7) is 8.02. The van der Waals surface area contributed by atoms with Gasteiger partial charge < -0.3 is 4.57 Å². The molecule has 1 aromatic heterocycles. The maximum absolute atomic E-state index is 12.9. The predicted octanol–water partition coefficient (Wildman–Crippen LogP) is 5.07. The van der Waals surface area contributed by atoms with Crippen molar-refractivity contribution in [2.24, 2.45) is 0 Å². The number of benzene rings is 1. The highest BCUT2D eigenvalue weighted by molar-refractivity contribution is 8.00. The van der Waals surface area contributed by atoms with Crippen molar-refractivity contribution in [3.05, 3.63) is 40.7 Å². The molecule has 1 aliphatic rings. The molecule has 5 heteroatoms. The molecule has 1 saturated carbocycles. The summed E-state index contributed by atoms with van der Waals surface area (Å²) in [6.07, 6.45) is 6.23. The summed E-state index contributed by atoms with van der Waals surface area (Å²) < 4.78 is 2.26. The number of aryl methyl sites for hydroxylation is 3. The molecule has 0 amide bonds. The molecule has 1 fully saturated rings. The van der Waals surface area contributed by atoms with Crippen molar-refractivity contribution < 1.29 is 4.79 Å². The molecule has 1 heterocycles. The van der Waals surface area contributed by atoms with Crippen molar-refractivity contribution in [3.63, 3.8) is 0 Å². The van der Waals surface area contributed by atoms with Crippen LogP contribution in [0.4, 0.5) is 0 Å². The standard InChI is InChI=1S/C20H27N3OS/c1-13-10-11-14(2)18(12-13)19(24)15(3)25-20-22-21-16(4)23(20)17-8-6-5-7-9-17/h10-12,15,17H,5-9H2,1-4H3. The lowest BCUT2D eigenvalue weighted by Crippen LogP contribution is -2.19. The Morgan fingerprint density at radius 2 is 1.88 bits per heavy atom. The van der Waals surface area contributed by atoms with Crippen molar-refractivity contribution in [1.82, 2.24) is 14.8 Å². The fraction of sp³-hybridized carbons (Fsp3) is 0.550. The zero-order valence-electron chi connectivity index (χ0n) is 15.6. The number of carbonyl (C=O) groups excluding carboxylic acids is 1. The Morgan fingerprint density at radius 3 is 2.60 bits per heavy atom. The van der Waals surface area contributed by atoms with Crippen LogP contribution in [0, 0.1) is 20.8 Å². The largest absolute Gasteiger partial charge is 0.303 e. The van der Waals surface area contributed by atoms with Crippen LogP contribution >= 0.6 is 11.8 Å². The topological polar surface area (TPSA) is 47.8 Å². The molecule has 0 spiro atoms. The van der Waals surface area contributed by atoms with Gasteiger partial charge >= 0.3 is 0 Å². The van der Waals surface area contributed by atoms with Gasteiger partial charge in [0.2, 0.25) is 0 Å². The van der Waals surface area contributed by atoms with Crippen LogP contribution in [-0.4, -0.2) is 25.8 Å². The smallest absolute Gasteiger partial charge is 0.192 e. The van der Waals surface area contributed by atoms with E-state index in [9.17, 15) is 4.79 Å². The van der Waals surface area contributed by atoms with Gasteiger partial charge in [0.15, 0.2) is 10.9 Å². The highest BCUT2D eigenvalue weighted by Crippen LogP contribution is 2.34. The van der Waals surface area contributed by atoms with E-state index in [4.69, 9.17) is 0 Å². The zero-order valence-corrected chi connectivity index (χ0v) is 16.4. The fourth-order valence-electron chi connectivity index (χ4n) is 3.62. The molecule has 1 atom stereocenters. The predicted molar refractivity (Wildman–Crippen MR) is 102 cm³/mol. The highest BCUT2D eigenvalue weighted by Gasteiger charge is 2.25. The first kappa shape index (κ1) is 18.2. The third kappa shape index (κ3) is 3.97. The number of ketones is 1. The molecule has 0 aliphatic heterocycles. The van der Waals surface area contributed by atoms with Crippen LogP contribution in [0.3, 0.4) is 0 Å². The number of thioether (sulfide) groups is 1. The minimum absolute atomic E-state index is 0.169. The minimum Gasteiger partial charge on any atom is -0.303 e. The van der Waals surface area contributed by atoms with Gasteiger partial charge in [0, 0.05) is 11.6 Å². The SMILES string of the molecule is Cc1ccc(C)c(C(=O)C(C)Sc2nnc(C)n2C2CCCCC2)c1. The van der Waals surface area contributed by atoms with E-state index in [1.165, 1.54) is 32.1 Å². The third-order valence-corrected chi connectivity index (χ3v) is 6.14. The number of aromatic nitrogens is 3. The van der Waals surface area contributed by atoms with Gasteiger partial charge in [-0.2, -0.15) is 0 Å². The summed E-state index contributed by atoms with van der Waals surface area (Å²) >= 11 is 1.54. The van der Waals surface area contributed by atoms with E-state index in [0.29, 0.717) is 6.04 Å². The molecule has 2 aromatic rings. The Labute approximate surface area is 154 Å². The summed E-state index contributed by atoms with van der Waals surface area (Å²) in [4.78, 5) is 12.9. The second-order valence-corrected chi connectivity index (χ2v) is 8.44. The highest BCUT2D eigenvalue weighted by atomic mass is 32.2. The van der Waals surface area contributed by atoms with E-state index >= 15 is 0 Å². The lowest BCUT2D eigenvalue weighted by Gasteiger charge is -2.25. The molecule has 134 valence electrons. The van der Waals surface area contributed by atoms with Gasteiger partial charge in [0.25, 0.3) is 0 Å². The van der Waals surface area contributed by atoms with Crippen LogP contribution in [0.15, 0.2) is 23.4 Å². The summed E-state index contributed by atoms with van der Waals surface area (Å²) in [5, 5.41) is 9.37. The number of rotatable bonds is 5. The maximum atomic E-state index is 12.9. The van der Waals surface area contributed by atoms with Gasteiger partial charge in [-0.15, -0.1) is 10.2 Å². The molecule has 3 rings (SSSR count). The van der Waals surface area contributed by atoms with Crippen molar-refractivity contribution in [1.29, 1.82) is 0 Å². The van der Waals surface area contributed by atoms with E-state index in [1.807, 2.05) is 45.9 Å². The number of hydrogen-bond donors (Lipinski definition) is 0. The first-order valence-electron chi connectivity index (χ1n) is 9.17. The quantitative estimate of drug-likeness (QED) is 0.553. The second kappa shape index (κ2) is 7.73. The average molecular weight is 358 g/mol. The Kier molecular flexibility index (Phi) is 5.62. The molecule has 1 aliphatic carbocycles. The van der Waals surface area contributed by atoms with Crippen LogP contribution in [0.2, 0.25) is 0 Å². The van der Waals surface area contributed by atoms with Crippen molar-refractivity contribution in [2.45, 2.75) is 76.2 Å². The van der Waals surface area contributed by atoms with Crippen molar-refractivity contribution in [2.75, 3.05) is 0 Å². The molecule has 0 radical (unpaired) electrons. The summed E-state index contributed by atoms with van der Waals surface area (Å²) in [6, 6.07) is 6.54. The molecule has 0 saturated heterocycles. The number of hydrogen-bond acceptors (Lipinski definition) is 4. The van der Waals surface area contributed by atoms with Crippen molar-refractivity contribution in [3.8, 4) is 0 Å². The average Bonchev–Trinajstić information content (AvgIpc) is 2.97. The zero-order chi connectivity index (χ0) is 18.0. The van der Waals surface area contributed by atoms with E-state index < -0.39 is 0 Å². The first-order chi connectivity index (χ1) is 12.0. The number of Topliss-reactive ketones (excluding diaryl/α,β-unsaturated/α-hetero) is 1. The van der Waals surface area contributed by atoms with Gasteiger partial charge in [-0.25, -0.2) is 0 Å². The Hall–Kier alpha value is -1.62. The molecule has 1 aromatic carbocycles. The van der Waals surface area contributed by atoms with E-state index in [2.05, 4.69) is 14.8 Å². The van der Waals surface area contributed by atoms with Crippen LogP contribution in [0.5, 0.6) is 0 Å². The van der Waals surface area contributed by atoms with Gasteiger partial charge in [-0.1, -0.05) is 48.7 Å². The lowest BCUT2D eigenvalue weighted by atomic mass is 9.95. The van der Waals surface area contributed by atoms with Crippen LogP contribution < -0.4 is 0 Å². The normalized spacial score (nSPS) is 16.8. The molecular weight excluding hydrogens is 330 g/mol. The molecular formula is C20H27N3OS. The van der Waals surface area contributed by atoms with E-state index in [0.717, 1.165) is 27.7 Å². The van der Waals surface area contributed by atoms with Gasteiger partial charge in [0.1, 0.15) is 5.82 Å². The van der Waals surface area contributed by atoms with Gasteiger partial charge in [-0.05, 0) is 52.2 Å². The van der Waals surface area contributed by atoms with E-state index in [-0.39, 0.29) is 11.0 Å². The van der Waals surface area contributed by atoms with Crippen molar-refractivity contribution >= 4 is 17.5 Å². The summed E-state index contributed by atoms with van der Waals surface area (Å²) in [7, 11) is 0. The third-order valence-electron chi connectivity index (χ3n) is 5.08. The monoisotopic (exact) mass is 357 g/mol. The van der Waals surface area contributed by atoms with Crippen LogP contribution in [0.1, 0.15) is 72.4 Å². The van der Waals surface area contributed by atoms with Gasteiger partial charge in [-0.3, -0.25) is 4.79 Å². The number of nitrogens with zero attached hydrogens (tertiary/aromatic N) is 3. The summed E-state index contributed by atoms with van der Waals surface area (Å²) in [5.41, 5.74) is 2.97. The lowest BCUT2D eigenvalue weighted by molar-refractivity contribution is 0.0993. The molecule has 1 unspecified atom stereocenters. The second-order valence-electron chi connectivity index (χ2n) is 7.13. The maximum Gasteiger partial charge on any atom is 0.192 e. The first-order valence-corrected chi connectivity index (χ1v) is 10.0. The molecule has 4 nitrogen and oxygen atoms in total. The molecule has 25 heavy (non-hydrogen) atoms. The molecule has 0 N–H and O–H groups in total. The van der Waals surface area contributed by atoms with Crippen LogP contribution in [-0.2, 0) is 0 Å². The van der Waals surface area contributed by atoms with Gasteiger partial charge in [0.05, 0.1) is 5.25 Å². The summed E-state index contributed by atoms with van der Waals surface area (Å²) in [5.74, 6) is 1.13. The minimum atomic E-state index is -0.175. The number of carbonyl (C=O) groups is 1. The Morgan fingerprint density at radius 1 is 1.16 bits per heavy atom. The Balaban J connectivity index is 1.80. The Bertz CT molecular complexity index is 762.